The van der Waals surface area contributed by atoms with Gasteiger partial charge in [-0.15, -0.1) is 11.3 Å². The fraction of sp³-hybridized carbons (Fsp3) is 0.318. The molecule has 0 saturated carbocycles. The third-order valence-corrected chi connectivity index (χ3v) is 7.01. The summed E-state index contributed by atoms with van der Waals surface area (Å²) < 4.78 is 1.36. The van der Waals surface area contributed by atoms with Crippen LogP contribution in [0.3, 0.4) is 0 Å². The van der Waals surface area contributed by atoms with Gasteiger partial charge in [0.1, 0.15) is 0 Å². The number of hydrogen-bond acceptors (Lipinski definition) is 4. The zero-order valence-corrected chi connectivity index (χ0v) is 17.2. The molecule has 0 atom stereocenters. The first-order chi connectivity index (χ1) is 13.7. The van der Waals surface area contributed by atoms with E-state index in [9.17, 15) is 4.79 Å². The van der Waals surface area contributed by atoms with E-state index in [4.69, 9.17) is 11.6 Å². The number of piperazine rings is 1. The van der Waals surface area contributed by atoms with Crippen molar-refractivity contribution in [2.24, 2.45) is 0 Å². The predicted octanol–water partition coefficient (Wildman–Crippen LogP) is 4.41. The predicted molar refractivity (Wildman–Crippen MR) is 118 cm³/mol. The standard InChI is InChI=1S/C22H22ClN3OS/c23-18-14-19-16(13-22(27)24-19)12-15(18)4-6-25-7-9-26(10-8-25)20-2-1-3-21-17(20)5-11-28-21/h1-3,5,11-12,14H,4,6-10,13H2,(H,24,27). The number of carbonyl (C=O) groups excluding carboxylic acids is 1. The van der Waals surface area contributed by atoms with Gasteiger partial charge in [-0.2, -0.15) is 0 Å². The number of nitrogens with zero attached hydrogens (tertiary/aromatic N) is 2. The average Bonchev–Trinajstić information content (AvgIpc) is 3.31. The van der Waals surface area contributed by atoms with Gasteiger partial charge in [-0.05, 0) is 47.2 Å². The summed E-state index contributed by atoms with van der Waals surface area (Å²) in [4.78, 5) is 16.6. The van der Waals surface area contributed by atoms with Crippen LogP contribution in [0.2, 0.25) is 5.02 Å². The molecule has 144 valence electrons. The molecule has 1 amide bonds. The lowest BCUT2D eigenvalue weighted by atomic mass is 10.1. The average molecular weight is 412 g/mol. The number of rotatable bonds is 4. The molecule has 3 heterocycles. The number of thiophene rings is 1. The van der Waals surface area contributed by atoms with Crippen LogP contribution in [0.1, 0.15) is 11.1 Å². The van der Waals surface area contributed by atoms with E-state index in [1.165, 1.54) is 15.8 Å². The summed E-state index contributed by atoms with van der Waals surface area (Å²) >= 11 is 8.25. The zero-order chi connectivity index (χ0) is 19.1. The van der Waals surface area contributed by atoms with Crippen LogP contribution in [0.25, 0.3) is 10.1 Å². The zero-order valence-electron chi connectivity index (χ0n) is 15.6. The van der Waals surface area contributed by atoms with Crippen LogP contribution in [0, 0.1) is 0 Å². The lowest BCUT2D eigenvalue weighted by Crippen LogP contribution is -2.47. The minimum absolute atomic E-state index is 0.0555. The fourth-order valence-electron chi connectivity index (χ4n) is 4.24. The van der Waals surface area contributed by atoms with E-state index >= 15 is 0 Å². The monoisotopic (exact) mass is 411 g/mol. The van der Waals surface area contributed by atoms with E-state index in [2.05, 4.69) is 50.8 Å². The Hall–Kier alpha value is -2.08. The highest BCUT2D eigenvalue weighted by Gasteiger charge is 2.21. The Balaban J connectivity index is 1.21. The van der Waals surface area contributed by atoms with Crippen molar-refractivity contribution < 1.29 is 4.79 Å². The molecule has 0 radical (unpaired) electrons. The Morgan fingerprint density at radius 2 is 1.96 bits per heavy atom. The maximum absolute atomic E-state index is 11.6. The van der Waals surface area contributed by atoms with Crippen molar-refractivity contribution in [3.05, 3.63) is 57.9 Å². The largest absolute Gasteiger partial charge is 0.368 e. The fourth-order valence-corrected chi connectivity index (χ4v) is 5.30. The molecule has 0 unspecified atom stereocenters. The summed E-state index contributed by atoms with van der Waals surface area (Å²) in [7, 11) is 0. The molecule has 0 spiro atoms. The molecule has 1 aromatic heterocycles. The first kappa shape index (κ1) is 18.0. The molecular formula is C22H22ClN3OS. The van der Waals surface area contributed by atoms with Gasteiger partial charge < -0.3 is 10.2 Å². The van der Waals surface area contributed by atoms with Crippen LogP contribution < -0.4 is 10.2 Å². The van der Waals surface area contributed by atoms with Gasteiger partial charge in [0.2, 0.25) is 5.91 Å². The molecule has 2 aromatic carbocycles. The minimum Gasteiger partial charge on any atom is -0.368 e. The van der Waals surface area contributed by atoms with Crippen molar-refractivity contribution in [2.75, 3.05) is 42.9 Å². The number of benzene rings is 2. The summed E-state index contributed by atoms with van der Waals surface area (Å²) in [5.41, 5.74) is 4.44. The number of halogens is 1. The molecule has 6 heteroatoms. The number of hydrogen-bond donors (Lipinski definition) is 1. The highest BCUT2D eigenvalue weighted by molar-refractivity contribution is 7.17. The number of carbonyl (C=O) groups is 1. The van der Waals surface area contributed by atoms with Crippen molar-refractivity contribution >= 4 is 50.3 Å². The molecule has 0 bridgehead atoms. The van der Waals surface area contributed by atoms with E-state index in [1.807, 2.05) is 6.07 Å². The highest BCUT2D eigenvalue weighted by atomic mass is 35.5. The van der Waals surface area contributed by atoms with Gasteiger partial charge in [0.05, 0.1) is 6.42 Å². The molecule has 1 N–H and O–H groups in total. The molecule has 28 heavy (non-hydrogen) atoms. The second-order valence-electron chi connectivity index (χ2n) is 7.51. The number of anilines is 2. The molecule has 5 rings (SSSR count). The second kappa shape index (κ2) is 7.39. The van der Waals surface area contributed by atoms with Gasteiger partial charge in [-0.1, -0.05) is 23.7 Å². The van der Waals surface area contributed by atoms with Crippen LogP contribution in [0.4, 0.5) is 11.4 Å². The van der Waals surface area contributed by atoms with Crippen molar-refractivity contribution in [1.29, 1.82) is 0 Å². The maximum Gasteiger partial charge on any atom is 0.228 e. The van der Waals surface area contributed by atoms with Crippen LogP contribution in [0.15, 0.2) is 41.8 Å². The van der Waals surface area contributed by atoms with Gasteiger partial charge in [0.25, 0.3) is 0 Å². The Morgan fingerprint density at radius 3 is 2.82 bits per heavy atom. The molecule has 2 aliphatic rings. The number of nitrogens with one attached hydrogen (secondary N) is 1. The van der Waals surface area contributed by atoms with Gasteiger partial charge >= 0.3 is 0 Å². The van der Waals surface area contributed by atoms with Gasteiger partial charge in [0.15, 0.2) is 0 Å². The minimum atomic E-state index is 0.0555. The first-order valence-electron chi connectivity index (χ1n) is 9.72. The van der Waals surface area contributed by atoms with Crippen molar-refractivity contribution in [3.63, 3.8) is 0 Å². The molecule has 0 aliphatic carbocycles. The van der Waals surface area contributed by atoms with Crippen molar-refractivity contribution in [1.82, 2.24) is 4.90 Å². The summed E-state index contributed by atoms with van der Waals surface area (Å²) in [6.07, 6.45) is 1.38. The lowest BCUT2D eigenvalue weighted by Gasteiger charge is -2.36. The van der Waals surface area contributed by atoms with E-state index in [0.29, 0.717) is 6.42 Å². The topological polar surface area (TPSA) is 35.6 Å². The molecule has 1 fully saturated rings. The number of fused-ring (bicyclic) bond motifs is 2. The molecule has 3 aromatic rings. The van der Waals surface area contributed by atoms with E-state index in [0.717, 1.165) is 61.0 Å². The van der Waals surface area contributed by atoms with Crippen LogP contribution >= 0.6 is 22.9 Å². The quantitative estimate of drug-likeness (QED) is 0.690. The smallest absolute Gasteiger partial charge is 0.228 e. The Labute approximate surface area is 173 Å². The van der Waals surface area contributed by atoms with E-state index in [-0.39, 0.29) is 5.91 Å². The third kappa shape index (κ3) is 3.39. The summed E-state index contributed by atoms with van der Waals surface area (Å²) in [5, 5.41) is 7.16. The third-order valence-electron chi connectivity index (χ3n) is 5.78. The van der Waals surface area contributed by atoms with Gasteiger partial charge in [-0.25, -0.2) is 0 Å². The van der Waals surface area contributed by atoms with Crippen LogP contribution in [0.5, 0.6) is 0 Å². The van der Waals surface area contributed by atoms with Crippen LogP contribution in [-0.4, -0.2) is 43.5 Å². The Bertz CT molecular complexity index is 1040. The normalized spacial score (nSPS) is 17.2. The molecule has 2 aliphatic heterocycles. The SMILES string of the molecule is O=C1Cc2cc(CCN3CCN(c4cccc5sccc45)CC3)c(Cl)cc2N1. The van der Waals surface area contributed by atoms with Crippen molar-refractivity contribution in [2.45, 2.75) is 12.8 Å². The van der Waals surface area contributed by atoms with Gasteiger partial charge in [-0.3, -0.25) is 9.69 Å². The van der Waals surface area contributed by atoms with E-state index < -0.39 is 0 Å². The van der Waals surface area contributed by atoms with Crippen LogP contribution in [-0.2, 0) is 17.6 Å². The maximum atomic E-state index is 11.6. The van der Waals surface area contributed by atoms with Gasteiger partial charge in [0, 0.05) is 59.2 Å². The lowest BCUT2D eigenvalue weighted by molar-refractivity contribution is -0.115. The first-order valence-corrected chi connectivity index (χ1v) is 11.0. The summed E-state index contributed by atoms with van der Waals surface area (Å²) in [6, 6.07) is 12.8. The second-order valence-corrected chi connectivity index (χ2v) is 8.87. The van der Waals surface area contributed by atoms with Crippen molar-refractivity contribution in [3.8, 4) is 0 Å². The molecule has 1 saturated heterocycles. The summed E-state index contributed by atoms with van der Waals surface area (Å²) in [5.74, 6) is 0.0555. The number of amides is 1. The highest BCUT2D eigenvalue weighted by Crippen LogP contribution is 2.32. The Morgan fingerprint density at radius 1 is 1.11 bits per heavy atom. The molecule has 4 nitrogen and oxygen atoms in total. The Kier molecular flexibility index (Phi) is 4.75. The molecular weight excluding hydrogens is 390 g/mol. The van der Waals surface area contributed by atoms with E-state index in [1.54, 1.807) is 11.3 Å². The summed E-state index contributed by atoms with van der Waals surface area (Å²) in [6.45, 7) is 5.21.